The number of rotatable bonds is 5. The van der Waals surface area contributed by atoms with E-state index in [-0.39, 0.29) is 5.56 Å². The van der Waals surface area contributed by atoms with Crippen LogP contribution in [0.2, 0.25) is 0 Å². The first kappa shape index (κ1) is 15.4. The minimum absolute atomic E-state index is 0.241. The topological polar surface area (TPSA) is 90.7 Å². The molecule has 22 heavy (non-hydrogen) atoms. The van der Waals surface area contributed by atoms with Crippen LogP contribution in [0, 0.1) is 0 Å². The number of carbonyl (C=O) groups is 2. The molecule has 0 atom stereocenters. The summed E-state index contributed by atoms with van der Waals surface area (Å²) in [6.07, 6.45) is 0. The Labute approximate surface area is 127 Å². The van der Waals surface area contributed by atoms with E-state index in [2.05, 4.69) is 5.32 Å². The summed E-state index contributed by atoms with van der Waals surface area (Å²) >= 11 is 0. The first-order chi connectivity index (χ1) is 10.5. The van der Waals surface area contributed by atoms with Crippen molar-refractivity contribution >= 4 is 17.5 Å². The molecule has 0 spiro atoms. The number of amides is 2. The maximum Gasteiger partial charge on any atom is 0.255 e. The standard InChI is InChI=1S/C16H16N2O4/c1-21-11-7-10(8-12(9-11)22-2)16(20)18-14-6-4-3-5-13(14)15(17)19/h3-9H,1-2H3,(H2,17,19)(H,18,20). The van der Waals surface area contributed by atoms with E-state index in [1.807, 2.05) is 0 Å². The smallest absolute Gasteiger partial charge is 0.255 e. The molecule has 0 saturated carbocycles. The van der Waals surface area contributed by atoms with Crippen molar-refractivity contribution in [2.24, 2.45) is 5.73 Å². The quantitative estimate of drug-likeness (QED) is 0.884. The lowest BCUT2D eigenvalue weighted by molar-refractivity contribution is 0.100. The Hall–Kier alpha value is -3.02. The summed E-state index contributed by atoms with van der Waals surface area (Å²) in [5.74, 6) is -0.0228. The van der Waals surface area contributed by atoms with Crippen molar-refractivity contribution in [1.82, 2.24) is 0 Å². The highest BCUT2D eigenvalue weighted by atomic mass is 16.5. The molecule has 3 N–H and O–H groups in total. The van der Waals surface area contributed by atoms with E-state index >= 15 is 0 Å². The van der Waals surface area contributed by atoms with Gasteiger partial charge in [-0.05, 0) is 24.3 Å². The van der Waals surface area contributed by atoms with Crippen LogP contribution in [0.1, 0.15) is 20.7 Å². The van der Waals surface area contributed by atoms with Crippen LogP contribution in [-0.4, -0.2) is 26.0 Å². The second-order valence-electron chi connectivity index (χ2n) is 4.47. The van der Waals surface area contributed by atoms with Crippen molar-refractivity contribution in [3.63, 3.8) is 0 Å². The molecule has 2 amide bonds. The predicted molar refractivity (Wildman–Crippen MR) is 82.5 cm³/mol. The minimum Gasteiger partial charge on any atom is -0.497 e. The normalized spacial score (nSPS) is 9.91. The van der Waals surface area contributed by atoms with Crippen LogP contribution < -0.4 is 20.5 Å². The number of primary amides is 1. The molecule has 0 unspecified atom stereocenters. The number of nitrogens with two attached hydrogens (primary N) is 1. The third kappa shape index (κ3) is 3.35. The van der Waals surface area contributed by atoms with E-state index < -0.39 is 11.8 Å². The van der Waals surface area contributed by atoms with Crippen molar-refractivity contribution < 1.29 is 19.1 Å². The summed E-state index contributed by atoms with van der Waals surface area (Å²) in [4.78, 5) is 23.7. The first-order valence-corrected chi connectivity index (χ1v) is 6.48. The number of hydrogen-bond donors (Lipinski definition) is 2. The Kier molecular flexibility index (Phi) is 4.63. The summed E-state index contributed by atoms with van der Waals surface area (Å²) < 4.78 is 10.3. The van der Waals surface area contributed by atoms with Crippen LogP contribution in [0.5, 0.6) is 11.5 Å². The maximum absolute atomic E-state index is 12.4. The average molecular weight is 300 g/mol. The second-order valence-corrected chi connectivity index (χ2v) is 4.47. The fourth-order valence-corrected chi connectivity index (χ4v) is 1.94. The molecule has 2 rings (SSSR count). The van der Waals surface area contributed by atoms with Gasteiger partial charge in [-0.1, -0.05) is 12.1 Å². The van der Waals surface area contributed by atoms with Gasteiger partial charge in [0.1, 0.15) is 11.5 Å². The molecule has 0 fully saturated rings. The first-order valence-electron chi connectivity index (χ1n) is 6.48. The molecule has 2 aromatic carbocycles. The van der Waals surface area contributed by atoms with Gasteiger partial charge >= 0.3 is 0 Å². The van der Waals surface area contributed by atoms with Gasteiger partial charge < -0.3 is 20.5 Å². The zero-order chi connectivity index (χ0) is 16.1. The molecule has 0 saturated heterocycles. The Bertz CT molecular complexity index is 691. The summed E-state index contributed by atoms with van der Waals surface area (Å²) in [6, 6.07) is 11.3. The number of carbonyl (C=O) groups excluding carboxylic acids is 2. The molecule has 0 aliphatic carbocycles. The van der Waals surface area contributed by atoms with Crippen LogP contribution in [-0.2, 0) is 0 Å². The van der Waals surface area contributed by atoms with Crippen molar-refractivity contribution in [3.05, 3.63) is 53.6 Å². The molecule has 6 heteroatoms. The van der Waals surface area contributed by atoms with Gasteiger partial charge in [-0.3, -0.25) is 9.59 Å². The third-order valence-corrected chi connectivity index (χ3v) is 3.05. The van der Waals surface area contributed by atoms with E-state index in [4.69, 9.17) is 15.2 Å². The van der Waals surface area contributed by atoms with Crippen molar-refractivity contribution in [2.75, 3.05) is 19.5 Å². The molecule has 0 aliphatic rings. The fourth-order valence-electron chi connectivity index (χ4n) is 1.94. The number of para-hydroxylation sites is 1. The van der Waals surface area contributed by atoms with E-state index in [0.29, 0.717) is 22.7 Å². The molecule has 0 bridgehead atoms. The van der Waals surface area contributed by atoms with Gasteiger partial charge in [0.05, 0.1) is 25.5 Å². The van der Waals surface area contributed by atoms with E-state index in [1.165, 1.54) is 14.2 Å². The van der Waals surface area contributed by atoms with Gasteiger partial charge in [-0.25, -0.2) is 0 Å². The van der Waals surface area contributed by atoms with Gasteiger partial charge in [0.25, 0.3) is 11.8 Å². The minimum atomic E-state index is -0.612. The zero-order valence-corrected chi connectivity index (χ0v) is 12.3. The number of methoxy groups -OCH3 is 2. The number of anilines is 1. The Balaban J connectivity index is 2.32. The highest BCUT2D eigenvalue weighted by Crippen LogP contribution is 2.23. The number of nitrogens with one attached hydrogen (secondary N) is 1. The van der Waals surface area contributed by atoms with Crippen LogP contribution in [0.3, 0.4) is 0 Å². The Morgan fingerprint density at radius 2 is 1.59 bits per heavy atom. The van der Waals surface area contributed by atoms with Crippen LogP contribution >= 0.6 is 0 Å². The van der Waals surface area contributed by atoms with Crippen molar-refractivity contribution in [2.45, 2.75) is 0 Å². The average Bonchev–Trinajstić information content (AvgIpc) is 2.54. The fraction of sp³-hybridized carbons (Fsp3) is 0.125. The molecule has 6 nitrogen and oxygen atoms in total. The number of benzene rings is 2. The molecule has 0 aliphatic heterocycles. The maximum atomic E-state index is 12.4. The zero-order valence-electron chi connectivity index (χ0n) is 12.3. The van der Waals surface area contributed by atoms with Gasteiger partial charge in [0.2, 0.25) is 0 Å². The van der Waals surface area contributed by atoms with Crippen molar-refractivity contribution in [3.8, 4) is 11.5 Å². The highest BCUT2D eigenvalue weighted by Gasteiger charge is 2.13. The van der Waals surface area contributed by atoms with Gasteiger partial charge in [0, 0.05) is 11.6 Å². The lowest BCUT2D eigenvalue weighted by atomic mass is 10.1. The van der Waals surface area contributed by atoms with Crippen LogP contribution in [0.25, 0.3) is 0 Å². The van der Waals surface area contributed by atoms with Crippen LogP contribution in [0.15, 0.2) is 42.5 Å². The lowest BCUT2D eigenvalue weighted by Gasteiger charge is -2.11. The second kappa shape index (κ2) is 6.62. The van der Waals surface area contributed by atoms with Crippen LogP contribution in [0.4, 0.5) is 5.69 Å². The monoisotopic (exact) mass is 300 g/mol. The molecule has 0 heterocycles. The number of hydrogen-bond acceptors (Lipinski definition) is 4. The van der Waals surface area contributed by atoms with E-state index in [9.17, 15) is 9.59 Å². The van der Waals surface area contributed by atoms with E-state index in [0.717, 1.165) is 0 Å². The Morgan fingerprint density at radius 1 is 1.00 bits per heavy atom. The SMILES string of the molecule is COc1cc(OC)cc(C(=O)Nc2ccccc2C(N)=O)c1. The number of ether oxygens (including phenoxy) is 2. The molecular weight excluding hydrogens is 284 g/mol. The highest BCUT2D eigenvalue weighted by molar-refractivity contribution is 6.09. The molecule has 0 aromatic heterocycles. The largest absolute Gasteiger partial charge is 0.497 e. The lowest BCUT2D eigenvalue weighted by Crippen LogP contribution is -2.18. The summed E-state index contributed by atoms with van der Waals surface area (Å²) in [7, 11) is 3.00. The molecule has 2 aromatic rings. The Morgan fingerprint density at radius 3 is 2.14 bits per heavy atom. The van der Waals surface area contributed by atoms with Gasteiger partial charge in [-0.15, -0.1) is 0 Å². The summed E-state index contributed by atoms with van der Waals surface area (Å²) in [6.45, 7) is 0. The van der Waals surface area contributed by atoms with Crippen molar-refractivity contribution in [1.29, 1.82) is 0 Å². The molecule has 0 radical (unpaired) electrons. The summed E-state index contributed by atoms with van der Waals surface area (Å²) in [5, 5.41) is 2.66. The predicted octanol–water partition coefficient (Wildman–Crippen LogP) is 2.05. The third-order valence-electron chi connectivity index (χ3n) is 3.05. The van der Waals surface area contributed by atoms with E-state index in [1.54, 1.807) is 42.5 Å². The molecule has 114 valence electrons. The molecular formula is C16H16N2O4. The van der Waals surface area contributed by atoms with Gasteiger partial charge in [-0.2, -0.15) is 0 Å². The van der Waals surface area contributed by atoms with Gasteiger partial charge in [0.15, 0.2) is 0 Å². The summed E-state index contributed by atoms with van der Waals surface area (Å²) in [5.41, 5.74) is 6.22.